The number of urea groups is 1. The van der Waals surface area contributed by atoms with Crippen molar-refractivity contribution in [3.05, 3.63) is 54.3 Å². The number of nitrogens with one attached hydrogen (secondary N) is 4. The maximum atomic E-state index is 14.5. The fraction of sp³-hybridized carbons (Fsp3) is 0.703. The van der Waals surface area contributed by atoms with E-state index in [4.69, 9.17) is 29.4 Å². The Morgan fingerprint density at radius 3 is 1.93 bits per heavy atom. The van der Waals surface area contributed by atoms with Crippen LogP contribution in [0.3, 0.4) is 0 Å². The second kappa shape index (κ2) is 38.6. The first kappa shape index (κ1) is 78.1. The first-order valence-electron chi connectivity index (χ1n) is 31.5. The molecule has 90 heavy (non-hydrogen) atoms. The molecule has 6 N–H and O–H groups in total. The number of likely N-dealkylation sites (N-methyl/N-ethyl adjacent to an activating group) is 2. The van der Waals surface area contributed by atoms with Gasteiger partial charge in [0.1, 0.15) is 6.04 Å². The molecule has 26 heteroatoms. The summed E-state index contributed by atoms with van der Waals surface area (Å²) in [4.78, 5) is 127. The van der Waals surface area contributed by atoms with E-state index in [1.165, 1.54) is 56.4 Å². The van der Waals surface area contributed by atoms with Crippen molar-refractivity contribution in [1.29, 1.82) is 0 Å². The summed E-state index contributed by atoms with van der Waals surface area (Å²) in [5, 5.41) is 7.95. The number of amides is 8. The molecule has 10 atom stereocenters. The van der Waals surface area contributed by atoms with Gasteiger partial charge in [0.05, 0.1) is 93.3 Å². The monoisotopic (exact) mass is 1290 g/mol. The van der Waals surface area contributed by atoms with Crippen LogP contribution in [0.15, 0.2) is 53.6 Å². The highest BCUT2D eigenvalue weighted by molar-refractivity contribution is 7.90. The van der Waals surface area contributed by atoms with Crippen molar-refractivity contribution < 1.29 is 75.3 Å². The maximum Gasteiger partial charge on any atom is 0.312 e. The highest BCUT2D eigenvalue weighted by Gasteiger charge is 2.44. The number of ketones is 2. The molecule has 508 valence electrons. The molecule has 1 fully saturated rings. The molecule has 1 aromatic carbocycles. The van der Waals surface area contributed by atoms with Gasteiger partial charge in [-0.25, -0.2) is 17.9 Å². The maximum absolute atomic E-state index is 14.5. The number of carbonyl (C=O) groups excluding carboxylic acids is 9. The second-order valence-corrected chi connectivity index (χ2v) is 26.4. The number of nitrogens with two attached hydrogens (primary N) is 1. The van der Waals surface area contributed by atoms with Crippen molar-refractivity contribution in [1.82, 2.24) is 40.3 Å². The minimum Gasteiger partial charge on any atom is -0.379 e. The van der Waals surface area contributed by atoms with Gasteiger partial charge >= 0.3 is 6.03 Å². The number of likely N-dealkylation sites (tertiary alicyclic amines) is 1. The molecule has 1 saturated heterocycles. The third-order valence-electron chi connectivity index (χ3n) is 16.8. The standard InChI is InChI=1S/C64H105N9O16S/c1-16-43(8)59(71(13)63(81)48(40(2)3)38-52(75)58(42(6)7)70(11)12)53(85-14)39-56(78)73-29-18-20-50(73)60(86-15)45(10)61(79)69-90(83,84)47-24-22-46(23-25-47)37-51(74)49(19-17-28-66-64(65)82)67-62(80)57(41(4)5)68-54(76)27-31-87-33-35-89-36-34-88-32-30-72-44(9)21-26-55(72)77/h21-26,40-43,45,48-50,53,57-60H,9,16-20,27-39H2,1-8,10-15H3,(H,67,80)(H,68,76)(H,69,79)(H3,65,66,82)/t43-,45+,48-,49-,50-,53+,57-,58-,59-,60+/m0/s1. The van der Waals surface area contributed by atoms with Gasteiger partial charge in [-0.1, -0.05) is 87.4 Å². The van der Waals surface area contributed by atoms with Gasteiger partial charge in [0.2, 0.25) is 29.5 Å². The van der Waals surface area contributed by atoms with Crippen molar-refractivity contribution in [2.75, 3.05) is 94.6 Å². The number of carbonyl (C=O) groups is 9. The Labute approximate surface area is 534 Å². The molecule has 0 aromatic heterocycles. The number of methoxy groups -OCH3 is 2. The fourth-order valence-corrected chi connectivity index (χ4v) is 12.7. The number of primary amides is 1. The number of allylic oxidation sites excluding steroid dienone is 1. The molecular formula is C64H105N9O16S. The average molecular weight is 1290 g/mol. The normalized spacial score (nSPS) is 17.4. The van der Waals surface area contributed by atoms with Crippen molar-refractivity contribution in [2.24, 2.45) is 41.2 Å². The van der Waals surface area contributed by atoms with Crippen LogP contribution in [-0.4, -0.2) is 218 Å². The fourth-order valence-electron chi connectivity index (χ4n) is 11.6. The molecule has 2 heterocycles. The Hall–Kier alpha value is -6.16. The Balaban J connectivity index is 1.64. The van der Waals surface area contributed by atoms with E-state index in [9.17, 15) is 51.6 Å². The molecule has 0 saturated carbocycles. The van der Waals surface area contributed by atoms with Gasteiger partial charge in [0.25, 0.3) is 15.9 Å². The van der Waals surface area contributed by atoms with Crippen LogP contribution in [0.25, 0.3) is 0 Å². The number of hydrogen-bond acceptors (Lipinski definition) is 17. The third-order valence-corrected chi connectivity index (χ3v) is 18.2. The molecule has 8 amide bonds. The molecule has 25 nitrogen and oxygen atoms in total. The number of benzene rings is 1. The Morgan fingerprint density at radius 2 is 1.40 bits per heavy atom. The summed E-state index contributed by atoms with van der Waals surface area (Å²) >= 11 is 0. The largest absolute Gasteiger partial charge is 0.379 e. The molecule has 0 aliphatic carbocycles. The SMILES string of the molecule is C=C1C=CC(=O)N1CCOCCOCCOCCC(=O)N[C@H](C(=O)N[C@@H](CCCNC(N)=O)C(=O)Cc1ccc(S(=O)(=O)NC(=O)[C@H](C)[C@@H](OC)[C@@H]2CCCN2C(=O)C[C@@H](OC)[C@H]([C@@H](C)CC)N(C)C(=O)[C@@H](CC(=O)[C@H](C(C)C)N(C)C)C(C)C)cc1)C(C)C. The Morgan fingerprint density at radius 1 is 0.778 bits per heavy atom. The number of nitrogens with zero attached hydrogens (tertiary/aromatic N) is 4. The third kappa shape index (κ3) is 24.1. The van der Waals surface area contributed by atoms with Crippen LogP contribution < -0.4 is 26.4 Å². The lowest BCUT2D eigenvalue weighted by molar-refractivity contribution is -0.149. The van der Waals surface area contributed by atoms with Crippen LogP contribution in [0.1, 0.15) is 119 Å². The minimum atomic E-state index is -4.49. The van der Waals surface area contributed by atoms with Crippen LogP contribution in [0.2, 0.25) is 0 Å². The van der Waals surface area contributed by atoms with E-state index in [-0.39, 0.29) is 117 Å². The van der Waals surface area contributed by atoms with E-state index in [0.717, 1.165) is 0 Å². The summed E-state index contributed by atoms with van der Waals surface area (Å²) in [5.74, 6) is -5.32. The number of rotatable bonds is 43. The number of hydrogen-bond donors (Lipinski definition) is 5. The van der Waals surface area contributed by atoms with Crippen molar-refractivity contribution in [2.45, 2.75) is 167 Å². The zero-order valence-electron chi connectivity index (χ0n) is 55.7. The number of Topliss-reactive ketones (excluding diaryl/α,β-unsaturated/α-hetero) is 2. The molecule has 0 radical (unpaired) electrons. The zero-order valence-corrected chi connectivity index (χ0v) is 56.5. The van der Waals surface area contributed by atoms with Crippen molar-refractivity contribution in [3.8, 4) is 0 Å². The summed E-state index contributed by atoms with van der Waals surface area (Å²) < 4.78 is 58.3. The quantitative estimate of drug-likeness (QED) is 0.0581. The van der Waals surface area contributed by atoms with E-state index in [0.29, 0.717) is 63.4 Å². The Bertz CT molecular complexity index is 2660. The van der Waals surface area contributed by atoms with Gasteiger partial charge in [0, 0.05) is 77.9 Å². The summed E-state index contributed by atoms with van der Waals surface area (Å²) in [6.45, 7) is 22.9. The summed E-state index contributed by atoms with van der Waals surface area (Å²) in [6.07, 6.45) is 3.13. The smallest absolute Gasteiger partial charge is 0.312 e. The van der Waals surface area contributed by atoms with Crippen LogP contribution in [0.5, 0.6) is 0 Å². The molecule has 0 unspecified atom stereocenters. The van der Waals surface area contributed by atoms with E-state index in [1.807, 2.05) is 60.5 Å². The lowest BCUT2D eigenvalue weighted by Gasteiger charge is -2.41. The summed E-state index contributed by atoms with van der Waals surface area (Å²) in [6, 6.07) is 0.920. The summed E-state index contributed by atoms with van der Waals surface area (Å²) in [5.41, 5.74) is 6.25. The summed E-state index contributed by atoms with van der Waals surface area (Å²) in [7, 11) is 3.84. The van der Waals surface area contributed by atoms with Gasteiger partial charge in [-0.05, 0) is 87.2 Å². The molecule has 3 rings (SSSR count). The number of sulfonamides is 1. The number of ether oxygens (including phenoxy) is 5. The highest BCUT2D eigenvalue weighted by atomic mass is 32.2. The molecule has 1 aromatic rings. The first-order valence-corrected chi connectivity index (χ1v) is 32.9. The van der Waals surface area contributed by atoms with Crippen LogP contribution in [0.4, 0.5) is 4.79 Å². The zero-order chi connectivity index (χ0) is 67.6. The highest BCUT2D eigenvalue weighted by Crippen LogP contribution is 2.31. The lowest BCUT2D eigenvalue weighted by Crippen LogP contribution is -2.54. The van der Waals surface area contributed by atoms with Crippen LogP contribution >= 0.6 is 0 Å². The van der Waals surface area contributed by atoms with Crippen molar-refractivity contribution >= 4 is 63.1 Å². The topological polar surface area (TPSA) is 321 Å². The van der Waals surface area contributed by atoms with Gasteiger partial charge in [-0.15, -0.1) is 0 Å². The molecule has 2 aliphatic heterocycles. The van der Waals surface area contributed by atoms with Crippen LogP contribution in [-0.2, 0) is 78.5 Å². The van der Waals surface area contributed by atoms with Gasteiger partial charge in [-0.2, -0.15) is 0 Å². The second-order valence-electron chi connectivity index (χ2n) is 24.7. The first-order chi connectivity index (χ1) is 42.4. The van der Waals surface area contributed by atoms with E-state index in [1.54, 1.807) is 36.8 Å². The molecule has 0 bridgehead atoms. The predicted molar refractivity (Wildman–Crippen MR) is 339 cm³/mol. The van der Waals surface area contributed by atoms with E-state index in [2.05, 4.69) is 27.3 Å². The van der Waals surface area contributed by atoms with E-state index < -0.39 is 93.7 Å². The van der Waals surface area contributed by atoms with Gasteiger partial charge in [-0.3, -0.25) is 43.3 Å². The molecular weight excluding hydrogens is 1180 g/mol. The van der Waals surface area contributed by atoms with Crippen molar-refractivity contribution in [3.63, 3.8) is 0 Å². The lowest BCUT2D eigenvalue weighted by atomic mass is 9.83. The minimum absolute atomic E-state index is 0.0125. The molecule has 2 aliphatic rings. The Kier molecular flexibility index (Phi) is 33.5. The van der Waals surface area contributed by atoms with Gasteiger partial charge in [0.15, 0.2) is 11.6 Å². The van der Waals surface area contributed by atoms with Gasteiger partial charge < -0.3 is 60.1 Å². The predicted octanol–water partition coefficient (Wildman–Crippen LogP) is 3.77. The average Bonchev–Trinajstić information content (AvgIpc) is 2.46. The molecule has 0 spiro atoms. The van der Waals surface area contributed by atoms with Crippen LogP contribution in [0, 0.1) is 35.5 Å². The van der Waals surface area contributed by atoms with E-state index >= 15 is 0 Å².